The molecule has 2 unspecified atom stereocenters. The summed E-state index contributed by atoms with van der Waals surface area (Å²) in [6, 6.07) is 6.18. The topological polar surface area (TPSA) is 51.4 Å². The van der Waals surface area contributed by atoms with Crippen LogP contribution < -0.4 is 5.73 Å². The van der Waals surface area contributed by atoms with Gasteiger partial charge in [0.2, 0.25) is 0 Å². The van der Waals surface area contributed by atoms with Crippen LogP contribution in [0.4, 0.5) is 0 Å². The lowest BCUT2D eigenvalue weighted by molar-refractivity contribution is 0.117. The fraction of sp³-hybridized carbons (Fsp3) is 0.643. The van der Waals surface area contributed by atoms with Crippen LogP contribution in [0.25, 0.3) is 0 Å². The van der Waals surface area contributed by atoms with Crippen LogP contribution in [0, 0.1) is 5.41 Å². The van der Waals surface area contributed by atoms with Gasteiger partial charge in [-0.1, -0.05) is 19.9 Å². The van der Waals surface area contributed by atoms with Gasteiger partial charge in [0, 0.05) is 30.7 Å². The Morgan fingerprint density at radius 3 is 2.94 bits per heavy atom. The Balaban J connectivity index is 1.97. The van der Waals surface area contributed by atoms with Crippen molar-refractivity contribution in [2.45, 2.75) is 26.4 Å². The Hall–Kier alpha value is -0.970. The summed E-state index contributed by atoms with van der Waals surface area (Å²) >= 11 is 0. The number of nitrogens with two attached hydrogens (primary N) is 1. The molecule has 1 aromatic rings. The third-order valence-corrected chi connectivity index (χ3v) is 3.77. The van der Waals surface area contributed by atoms with Crippen molar-refractivity contribution in [3.8, 4) is 0 Å². The van der Waals surface area contributed by atoms with Crippen LogP contribution in [0.2, 0.25) is 0 Å². The minimum atomic E-state index is 0.0603. The molecule has 18 heavy (non-hydrogen) atoms. The molecule has 2 N–H and O–H groups in total. The van der Waals surface area contributed by atoms with Gasteiger partial charge in [-0.25, -0.2) is 0 Å². The zero-order valence-electron chi connectivity index (χ0n) is 11.3. The molecular weight excluding hydrogens is 226 g/mol. The van der Waals surface area contributed by atoms with Crippen LogP contribution in [0.15, 0.2) is 24.4 Å². The fourth-order valence-electron chi connectivity index (χ4n) is 2.40. The van der Waals surface area contributed by atoms with Crippen molar-refractivity contribution < 1.29 is 4.74 Å². The van der Waals surface area contributed by atoms with Crippen LogP contribution in [-0.4, -0.2) is 42.2 Å². The third-order valence-electron chi connectivity index (χ3n) is 3.77. The molecule has 1 saturated heterocycles. The van der Waals surface area contributed by atoms with E-state index in [1.807, 2.05) is 18.3 Å². The number of pyridine rings is 1. The first kappa shape index (κ1) is 13.5. The lowest BCUT2D eigenvalue weighted by Gasteiger charge is -2.33. The number of hydrogen-bond donors (Lipinski definition) is 1. The fourth-order valence-corrected chi connectivity index (χ4v) is 2.40. The van der Waals surface area contributed by atoms with Crippen LogP contribution in [0.5, 0.6) is 0 Å². The summed E-state index contributed by atoms with van der Waals surface area (Å²) in [6.45, 7) is 8.66. The minimum absolute atomic E-state index is 0.0603. The molecule has 2 atom stereocenters. The van der Waals surface area contributed by atoms with E-state index in [1.165, 1.54) is 0 Å². The second kappa shape index (κ2) is 5.78. The molecule has 4 heteroatoms. The van der Waals surface area contributed by atoms with Crippen molar-refractivity contribution in [2.24, 2.45) is 11.1 Å². The summed E-state index contributed by atoms with van der Waals surface area (Å²) in [5.74, 6) is 0. The molecule has 2 rings (SSSR count). The molecule has 0 radical (unpaired) electrons. The van der Waals surface area contributed by atoms with Crippen LogP contribution in [0.3, 0.4) is 0 Å². The maximum Gasteiger partial charge on any atom is 0.0624 e. The van der Waals surface area contributed by atoms with Crippen molar-refractivity contribution in [1.29, 1.82) is 0 Å². The van der Waals surface area contributed by atoms with Gasteiger partial charge in [0.05, 0.1) is 18.9 Å². The van der Waals surface area contributed by atoms with E-state index in [2.05, 4.69) is 29.8 Å². The first-order chi connectivity index (χ1) is 8.64. The molecule has 0 amide bonds. The van der Waals surface area contributed by atoms with Crippen molar-refractivity contribution in [1.82, 2.24) is 9.88 Å². The predicted molar refractivity (Wildman–Crippen MR) is 72.1 cm³/mol. The van der Waals surface area contributed by atoms with Gasteiger partial charge in [-0.05, 0) is 18.7 Å². The van der Waals surface area contributed by atoms with Gasteiger partial charge in [0.15, 0.2) is 0 Å². The number of nitrogens with zero attached hydrogens (tertiary/aromatic N) is 2. The van der Waals surface area contributed by atoms with Gasteiger partial charge in [-0.15, -0.1) is 0 Å². The van der Waals surface area contributed by atoms with E-state index in [0.29, 0.717) is 6.61 Å². The lowest BCUT2D eigenvalue weighted by Crippen LogP contribution is -2.46. The number of ether oxygens (including phenoxy) is 1. The van der Waals surface area contributed by atoms with Crippen molar-refractivity contribution in [3.63, 3.8) is 0 Å². The van der Waals surface area contributed by atoms with Gasteiger partial charge in [0.1, 0.15) is 0 Å². The Morgan fingerprint density at radius 2 is 2.39 bits per heavy atom. The highest BCUT2D eigenvalue weighted by Gasteiger charge is 2.38. The molecule has 4 nitrogen and oxygen atoms in total. The molecule has 1 aromatic heterocycles. The monoisotopic (exact) mass is 249 g/mol. The van der Waals surface area contributed by atoms with E-state index in [4.69, 9.17) is 10.5 Å². The second-order valence-electron chi connectivity index (χ2n) is 5.40. The Bertz CT molecular complexity index is 371. The summed E-state index contributed by atoms with van der Waals surface area (Å²) in [7, 11) is 0. The second-order valence-corrected chi connectivity index (χ2v) is 5.40. The highest BCUT2D eigenvalue weighted by atomic mass is 16.5. The van der Waals surface area contributed by atoms with Gasteiger partial charge in [-0.3, -0.25) is 9.88 Å². The predicted octanol–water partition coefficient (Wildman–Crippen LogP) is 1.27. The summed E-state index contributed by atoms with van der Waals surface area (Å²) in [4.78, 5) is 6.76. The molecule has 0 aliphatic carbocycles. The summed E-state index contributed by atoms with van der Waals surface area (Å²) in [5.41, 5.74) is 7.31. The summed E-state index contributed by atoms with van der Waals surface area (Å²) in [6.07, 6.45) is 1.84. The first-order valence-electron chi connectivity index (χ1n) is 6.59. The maximum absolute atomic E-state index is 6.14. The normalized spacial score (nSPS) is 27.9. The van der Waals surface area contributed by atoms with Gasteiger partial charge in [-0.2, -0.15) is 0 Å². The zero-order chi connectivity index (χ0) is 13.0. The zero-order valence-corrected chi connectivity index (χ0v) is 11.3. The Labute approximate surface area is 109 Å². The molecule has 0 aromatic carbocycles. The molecule has 0 bridgehead atoms. The molecule has 0 saturated carbocycles. The molecular formula is C14H23N3O. The average Bonchev–Trinajstić information content (AvgIpc) is 2.70. The summed E-state index contributed by atoms with van der Waals surface area (Å²) in [5, 5.41) is 0. The van der Waals surface area contributed by atoms with E-state index >= 15 is 0 Å². The van der Waals surface area contributed by atoms with E-state index in [1.54, 1.807) is 0 Å². The third kappa shape index (κ3) is 3.07. The van der Waals surface area contributed by atoms with Gasteiger partial charge >= 0.3 is 0 Å². The Kier molecular flexibility index (Phi) is 4.32. The quantitative estimate of drug-likeness (QED) is 0.854. The number of rotatable bonds is 5. The SMILES string of the molecule is CCN(Cc1ccccn1)CC1(C)COCC1N. The summed E-state index contributed by atoms with van der Waals surface area (Å²) < 4.78 is 5.50. The van der Waals surface area contributed by atoms with Crippen molar-refractivity contribution in [3.05, 3.63) is 30.1 Å². The molecule has 1 fully saturated rings. The van der Waals surface area contributed by atoms with E-state index in [0.717, 1.165) is 31.9 Å². The Morgan fingerprint density at radius 1 is 1.56 bits per heavy atom. The van der Waals surface area contributed by atoms with Crippen LogP contribution in [-0.2, 0) is 11.3 Å². The largest absolute Gasteiger partial charge is 0.379 e. The highest BCUT2D eigenvalue weighted by molar-refractivity contribution is 5.03. The number of aromatic nitrogens is 1. The molecule has 1 aliphatic rings. The van der Waals surface area contributed by atoms with Crippen LogP contribution >= 0.6 is 0 Å². The molecule has 100 valence electrons. The van der Waals surface area contributed by atoms with E-state index < -0.39 is 0 Å². The standard InChI is InChI=1S/C14H23N3O/c1-3-17(8-12-6-4-5-7-16-12)10-14(2)11-18-9-13(14)15/h4-7,13H,3,8-11,15H2,1-2H3. The maximum atomic E-state index is 6.14. The molecule has 1 aliphatic heterocycles. The lowest BCUT2D eigenvalue weighted by atomic mass is 9.85. The number of hydrogen-bond acceptors (Lipinski definition) is 4. The van der Waals surface area contributed by atoms with Crippen molar-refractivity contribution >= 4 is 0 Å². The van der Waals surface area contributed by atoms with E-state index in [-0.39, 0.29) is 11.5 Å². The van der Waals surface area contributed by atoms with Crippen molar-refractivity contribution in [2.75, 3.05) is 26.3 Å². The smallest absolute Gasteiger partial charge is 0.0624 e. The van der Waals surface area contributed by atoms with Gasteiger partial charge in [0.25, 0.3) is 0 Å². The molecule has 0 spiro atoms. The van der Waals surface area contributed by atoms with E-state index in [9.17, 15) is 0 Å². The average molecular weight is 249 g/mol. The first-order valence-corrected chi connectivity index (χ1v) is 6.59. The minimum Gasteiger partial charge on any atom is -0.379 e. The van der Waals surface area contributed by atoms with Crippen LogP contribution in [0.1, 0.15) is 19.5 Å². The molecule has 2 heterocycles. The van der Waals surface area contributed by atoms with Gasteiger partial charge < -0.3 is 10.5 Å². The highest BCUT2D eigenvalue weighted by Crippen LogP contribution is 2.28.